The van der Waals surface area contributed by atoms with Crippen LogP contribution in [0, 0.1) is 19.8 Å². The number of carbonyl (C=O) groups excluding carboxylic acids is 2. The number of rotatable bonds is 11. The van der Waals surface area contributed by atoms with Gasteiger partial charge in [0.15, 0.2) is 5.78 Å². The minimum atomic E-state index is -1.03. The first-order chi connectivity index (χ1) is 20.7. The van der Waals surface area contributed by atoms with E-state index in [-0.39, 0.29) is 31.0 Å². The highest BCUT2D eigenvalue weighted by atomic mass is 16.4. The van der Waals surface area contributed by atoms with E-state index in [2.05, 4.69) is 4.98 Å². The third-order valence-corrected chi connectivity index (χ3v) is 8.06. The van der Waals surface area contributed by atoms with Crippen LogP contribution in [0.15, 0.2) is 103 Å². The number of likely N-dealkylation sites (N-methyl/N-ethyl adjacent to an activating group) is 1. The average molecular weight is 573 g/mol. The zero-order valence-corrected chi connectivity index (χ0v) is 24.7. The molecule has 4 aromatic carbocycles. The van der Waals surface area contributed by atoms with Crippen LogP contribution in [0.4, 0.5) is 0 Å². The topological polar surface area (TPSA) is 90.5 Å². The summed E-state index contributed by atoms with van der Waals surface area (Å²) in [5.74, 6) is -2.51. The first-order valence-electron chi connectivity index (χ1n) is 14.5. The molecule has 6 nitrogen and oxygen atoms in total. The van der Waals surface area contributed by atoms with Crippen LogP contribution in [0.3, 0.4) is 0 Å². The highest BCUT2D eigenvalue weighted by molar-refractivity contribution is 5.99. The number of Topliss-reactive ketones (excluding diaryl/α,β-unsaturated/α-hetero) is 1. The molecule has 1 amide bonds. The standard InChI is InChI=1S/C37H36N2O4/c1-24-17-25(2)19-29(18-24)36(41)39(3)34(20-26-13-15-28(16-14-26)27-9-5-4-6-10-27)35(40)22-30(37(42)43)21-31-23-38-33-12-8-7-11-32(31)33/h4-19,23,30,34,38H,20-22H2,1-3H3,(H,42,43)/t30-,34-/m1/s1. The second-order valence-corrected chi connectivity index (χ2v) is 11.3. The van der Waals surface area contributed by atoms with Gasteiger partial charge in [-0.2, -0.15) is 0 Å². The van der Waals surface area contributed by atoms with Crippen LogP contribution in [0.5, 0.6) is 0 Å². The summed E-state index contributed by atoms with van der Waals surface area (Å²) in [6.45, 7) is 3.87. The number of amides is 1. The second kappa shape index (κ2) is 12.9. The van der Waals surface area contributed by atoms with E-state index in [0.29, 0.717) is 5.56 Å². The van der Waals surface area contributed by atoms with Crippen molar-refractivity contribution in [3.05, 3.63) is 131 Å². The van der Waals surface area contributed by atoms with Gasteiger partial charge in [-0.25, -0.2) is 0 Å². The van der Waals surface area contributed by atoms with E-state index in [4.69, 9.17) is 0 Å². The van der Waals surface area contributed by atoms with E-state index in [0.717, 1.165) is 44.3 Å². The molecule has 0 saturated heterocycles. The van der Waals surface area contributed by atoms with Crippen LogP contribution >= 0.6 is 0 Å². The summed E-state index contributed by atoms with van der Waals surface area (Å²) >= 11 is 0. The number of aliphatic carboxylic acids is 1. The van der Waals surface area contributed by atoms with E-state index in [1.807, 2.05) is 117 Å². The van der Waals surface area contributed by atoms with Crippen molar-refractivity contribution in [2.24, 2.45) is 5.92 Å². The van der Waals surface area contributed by atoms with Crippen molar-refractivity contribution < 1.29 is 19.5 Å². The lowest BCUT2D eigenvalue weighted by Crippen LogP contribution is -2.45. The molecule has 0 radical (unpaired) electrons. The zero-order chi connectivity index (χ0) is 30.5. The molecule has 218 valence electrons. The normalized spacial score (nSPS) is 12.5. The fraction of sp³-hybridized carbons (Fsp3) is 0.216. The molecule has 2 N–H and O–H groups in total. The predicted octanol–water partition coefficient (Wildman–Crippen LogP) is 7.04. The summed E-state index contributed by atoms with van der Waals surface area (Å²) in [5.41, 5.74) is 7.23. The van der Waals surface area contributed by atoms with Crippen LogP contribution in [-0.4, -0.2) is 45.7 Å². The van der Waals surface area contributed by atoms with E-state index in [1.54, 1.807) is 7.05 Å². The molecule has 0 aliphatic rings. The number of carbonyl (C=O) groups is 3. The highest BCUT2D eigenvalue weighted by Gasteiger charge is 2.32. The molecule has 5 aromatic rings. The van der Waals surface area contributed by atoms with Crippen molar-refractivity contribution in [1.82, 2.24) is 9.88 Å². The first-order valence-corrected chi connectivity index (χ1v) is 14.5. The largest absolute Gasteiger partial charge is 0.481 e. The number of carboxylic acid groups (broad SMARTS) is 1. The smallest absolute Gasteiger partial charge is 0.307 e. The Labute approximate surface area is 252 Å². The molecule has 1 heterocycles. The van der Waals surface area contributed by atoms with Crippen molar-refractivity contribution in [3.63, 3.8) is 0 Å². The Morgan fingerprint density at radius 2 is 1.42 bits per heavy atom. The summed E-state index contributed by atoms with van der Waals surface area (Å²) < 4.78 is 0. The van der Waals surface area contributed by atoms with E-state index < -0.39 is 17.9 Å². The molecule has 6 heteroatoms. The Hall–Kier alpha value is -4.97. The average Bonchev–Trinajstić information content (AvgIpc) is 3.41. The van der Waals surface area contributed by atoms with Gasteiger partial charge in [-0.3, -0.25) is 14.4 Å². The molecule has 0 aliphatic heterocycles. The number of fused-ring (bicyclic) bond motifs is 1. The fourth-order valence-electron chi connectivity index (χ4n) is 5.79. The lowest BCUT2D eigenvalue weighted by molar-refractivity contribution is -0.144. The molecule has 0 saturated carbocycles. The van der Waals surface area contributed by atoms with Gasteiger partial charge in [-0.05, 0) is 67.1 Å². The molecule has 0 unspecified atom stereocenters. The molecule has 0 aliphatic carbocycles. The van der Waals surface area contributed by atoms with Crippen LogP contribution in [0.25, 0.3) is 22.0 Å². The van der Waals surface area contributed by atoms with Crippen molar-refractivity contribution >= 4 is 28.6 Å². The number of para-hydroxylation sites is 1. The summed E-state index contributed by atoms with van der Waals surface area (Å²) in [5, 5.41) is 11.1. The van der Waals surface area contributed by atoms with Gasteiger partial charge in [0.2, 0.25) is 0 Å². The van der Waals surface area contributed by atoms with Crippen LogP contribution in [0.2, 0.25) is 0 Å². The minimum Gasteiger partial charge on any atom is -0.481 e. The number of aromatic nitrogens is 1. The fourth-order valence-corrected chi connectivity index (χ4v) is 5.79. The molecule has 0 fully saturated rings. The molecular weight excluding hydrogens is 536 g/mol. The summed E-state index contributed by atoms with van der Waals surface area (Å²) in [6, 6.07) is 30.5. The molecule has 1 aromatic heterocycles. The summed E-state index contributed by atoms with van der Waals surface area (Å²) in [7, 11) is 1.64. The number of nitrogens with one attached hydrogen (secondary N) is 1. The Bertz CT molecular complexity index is 1730. The number of aromatic amines is 1. The number of benzene rings is 4. The van der Waals surface area contributed by atoms with E-state index in [9.17, 15) is 19.5 Å². The maximum atomic E-state index is 14.0. The van der Waals surface area contributed by atoms with Crippen molar-refractivity contribution in [3.8, 4) is 11.1 Å². The zero-order valence-electron chi connectivity index (χ0n) is 24.7. The second-order valence-electron chi connectivity index (χ2n) is 11.3. The number of ketones is 1. The maximum Gasteiger partial charge on any atom is 0.307 e. The van der Waals surface area contributed by atoms with Gasteiger partial charge in [0.1, 0.15) is 0 Å². The van der Waals surface area contributed by atoms with Crippen molar-refractivity contribution in [2.45, 2.75) is 39.2 Å². The van der Waals surface area contributed by atoms with Crippen molar-refractivity contribution in [1.29, 1.82) is 0 Å². The van der Waals surface area contributed by atoms with Gasteiger partial charge >= 0.3 is 5.97 Å². The summed E-state index contributed by atoms with van der Waals surface area (Å²) in [4.78, 5) is 44.8. The SMILES string of the molecule is Cc1cc(C)cc(C(=O)N(C)[C@H](Cc2ccc(-c3ccccc3)cc2)C(=O)C[C@@H](Cc2c[nH]c3ccccc23)C(=O)O)c1. The monoisotopic (exact) mass is 572 g/mol. The Kier molecular flexibility index (Phi) is 8.86. The molecular formula is C37H36N2O4. The third-order valence-electron chi connectivity index (χ3n) is 8.06. The Morgan fingerprint density at radius 3 is 2.09 bits per heavy atom. The van der Waals surface area contributed by atoms with Crippen LogP contribution in [-0.2, 0) is 22.4 Å². The lowest BCUT2D eigenvalue weighted by Gasteiger charge is -2.29. The van der Waals surface area contributed by atoms with Crippen LogP contribution in [0.1, 0.15) is 39.0 Å². The number of hydrogen-bond donors (Lipinski definition) is 2. The molecule has 0 bridgehead atoms. The minimum absolute atomic E-state index is 0.188. The van der Waals surface area contributed by atoms with Gasteiger partial charge in [-0.1, -0.05) is 90.0 Å². The van der Waals surface area contributed by atoms with Gasteiger partial charge in [0.05, 0.1) is 12.0 Å². The number of carboxylic acids is 1. The number of nitrogens with zero attached hydrogens (tertiary/aromatic N) is 1. The molecule has 5 rings (SSSR count). The molecule has 2 atom stereocenters. The van der Waals surface area contributed by atoms with Crippen LogP contribution < -0.4 is 0 Å². The highest BCUT2D eigenvalue weighted by Crippen LogP contribution is 2.25. The summed E-state index contributed by atoms with van der Waals surface area (Å²) in [6.07, 6.45) is 2.11. The quantitative estimate of drug-likeness (QED) is 0.178. The van der Waals surface area contributed by atoms with Gasteiger partial charge < -0.3 is 15.0 Å². The number of aryl methyl sites for hydroxylation is 2. The first kappa shape index (κ1) is 29.5. The third kappa shape index (κ3) is 6.92. The number of H-pyrrole nitrogens is 1. The van der Waals surface area contributed by atoms with Gasteiger partial charge in [0.25, 0.3) is 5.91 Å². The lowest BCUT2D eigenvalue weighted by atomic mass is 9.89. The van der Waals surface area contributed by atoms with E-state index >= 15 is 0 Å². The van der Waals surface area contributed by atoms with Crippen molar-refractivity contribution in [2.75, 3.05) is 7.05 Å². The predicted molar refractivity (Wildman–Crippen MR) is 170 cm³/mol. The maximum absolute atomic E-state index is 14.0. The van der Waals surface area contributed by atoms with Gasteiger partial charge in [0, 0.05) is 36.1 Å². The Morgan fingerprint density at radius 1 is 0.791 bits per heavy atom. The van der Waals surface area contributed by atoms with Gasteiger partial charge in [-0.15, -0.1) is 0 Å². The number of hydrogen-bond acceptors (Lipinski definition) is 3. The van der Waals surface area contributed by atoms with E-state index in [1.165, 1.54) is 4.90 Å². The Balaban J connectivity index is 1.42. The molecule has 43 heavy (non-hydrogen) atoms. The molecule has 0 spiro atoms.